The zero-order chi connectivity index (χ0) is 12.1. The molecule has 0 aliphatic heterocycles. The van der Waals surface area contributed by atoms with Crippen LogP contribution in [0.3, 0.4) is 0 Å². The summed E-state index contributed by atoms with van der Waals surface area (Å²) in [4.78, 5) is 10.2. The molecule has 0 fully saturated rings. The first kappa shape index (κ1) is 16.2. The highest BCUT2D eigenvalue weighted by Gasteiger charge is 2.15. The summed E-state index contributed by atoms with van der Waals surface area (Å²) in [6.45, 7) is 2.08. The van der Waals surface area contributed by atoms with Gasteiger partial charge in [-0.1, -0.05) is 37.4 Å². The summed E-state index contributed by atoms with van der Waals surface area (Å²) in [6.07, 6.45) is 2.90. The van der Waals surface area contributed by atoms with Crippen LogP contribution in [-0.2, 0) is 0 Å². The SMILES string of the molecule is CCCC[C@H](N)c1ccc(Cl)c([N+](=O)[O-])c1.Cl. The standard InChI is InChI=1S/C11H15ClN2O2.ClH/c1-2-3-4-10(13)8-5-6-9(12)11(7-8)14(15)16;/h5-7,10H,2-4,13H2,1H3;1H/t10-;/m0./s1. The summed E-state index contributed by atoms with van der Waals surface area (Å²) in [6, 6.07) is 4.58. The fourth-order valence-electron chi connectivity index (χ4n) is 1.49. The van der Waals surface area contributed by atoms with Gasteiger partial charge in [-0.05, 0) is 18.1 Å². The number of nitrogens with two attached hydrogens (primary N) is 1. The Bertz CT molecular complexity index is 386. The molecule has 1 aromatic carbocycles. The summed E-state index contributed by atoms with van der Waals surface area (Å²) in [5.41, 5.74) is 6.62. The van der Waals surface area contributed by atoms with Gasteiger partial charge in [-0.15, -0.1) is 12.4 Å². The minimum absolute atomic E-state index is 0. The van der Waals surface area contributed by atoms with Gasteiger partial charge < -0.3 is 5.73 Å². The molecule has 0 unspecified atom stereocenters. The van der Waals surface area contributed by atoms with E-state index in [9.17, 15) is 10.1 Å². The third kappa shape index (κ3) is 4.50. The molecule has 6 heteroatoms. The number of nitrogens with zero attached hydrogens (tertiary/aromatic N) is 1. The fraction of sp³-hybridized carbons (Fsp3) is 0.455. The molecule has 0 aliphatic rings. The van der Waals surface area contributed by atoms with Gasteiger partial charge in [0.15, 0.2) is 0 Å². The summed E-state index contributed by atoms with van der Waals surface area (Å²) in [7, 11) is 0. The number of benzene rings is 1. The highest BCUT2D eigenvalue weighted by Crippen LogP contribution is 2.28. The van der Waals surface area contributed by atoms with Crippen LogP contribution in [0.1, 0.15) is 37.8 Å². The number of hydrogen-bond acceptors (Lipinski definition) is 3. The molecule has 1 rings (SSSR count). The Morgan fingerprint density at radius 1 is 1.53 bits per heavy atom. The van der Waals surface area contributed by atoms with Crippen LogP contribution in [0.25, 0.3) is 0 Å². The Hall–Kier alpha value is -0.840. The first-order valence-corrected chi connectivity index (χ1v) is 5.63. The lowest BCUT2D eigenvalue weighted by Gasteiger charge is -2.11. The Morgan fingerprint density at radius 3 is 2.71 bits per heavy atom. The smallest absolute Gasteiger partial charge is 0.288 e. The normalized spacial score (nSPS) is 11.7. The molecule has 4 nitrogen and oxygen atoms in total. The molecule has 0 bridgehead atoms. The monoisotopic (exact) mass is 278 g/mol. The number of rotatable bonds is 5. The van der Waals surface area contributed by atoms with Gasteiger partial charge in [0, 0.05) is 12.1 Å². The Labute approximate surface area is 112 Å². The van der Waals surface area contributed by atoms with Crippen molar-refractivity contribution >= 4 is 29.7 Å². The second kappa shape index (κ2) is 7.48. The Balaban J connectivity index is 0.00000256. The summed E-state index contributed by atoms with van der Waals surface area (Å²) in [5.74, 6) is 0. The van der Waals surface area contributed by atoms with E-state index >= 15 is 0 Å². The number of nitro groups is 1. The van der Waals surface area contributed by atoms with E-state index in [0.717, 1.165) is 24.8 Å². The molecule has 0 radical (unpaired) electrons. The predicted molar refractivity (Wildman–Crippen MR) is 71.8 cm³/mol. The third-order valence-electron chi connectivity index (χ3n) is 2.46. The van der Waals surface area contributed by atoms with Crippen LogP contribution >= 0.6 is 24.0 Å². The number of halogens is 2. The molecule has 0 amide bonds. The zero-order valence-electron chi connectivity index (χ0n) is 9.56. The quantitative estimate of drug-likeness (QED) is 0.657. The largest absolute Gasteiger partial charge is 0.324 e. The van der Waals surface area contributed by atoms with Crippen molar-refractivity contribution in [3.05, 3.63) is 38.9 Å². The van der Waals surface area contributed by atoms with Gasteiger partial charge >= 0.3 is 0 Å². The summed E-state index contributed by atoms with van der Waals surface area (Å²) < 4.78 is 0. The topological polar surface area (TPSA) is 69.2 Å². The summed E-state index contributed by atoms with van der Waals surface area (Å²) in [5, 5.41) is 10.8. The van der Waals surface area contributed by atoms with Crippen LogP contribution in [0, 0.1) is 10.1 Å². The van der Waals surface area contributed by atoms with E-state index in [1.54, 1.807) is 6.07 Å². The molecule has 0 aliphatic carbocycles. The summed E-state index contributed by atoms with van der Waals surface area (Å²) >= 11 is 5.72. The van der Waals surface area contributed by atoms with Crippen molar-refractivity contribution in [2.45, 2.75) is 32.2 Å². The first-order chi connectivity index (χ1) is 7.56. The van der Waals surface area contributed by atoms with Gasteiger partial charge in [-0.25, -0.2) is 0 Å². The maximum Gasteiger partial charge on any atom is 0.288 e. The molecule has 1 aromatic rings. The third-order valence-corrected chi connectivity index (χ3v) is 2.78. The van der Waals surface area contributed by atoms with E-state index in [0.29, 0.717) is 0 Å². The van der Waals surface area contributed by atoms with Crippen LogP contribution in [0.5, 0.6) is 0 Å². The fourth-order valence-corrected chi connectivity index (χ4v) is 1.68. The van der Waals surface area contributed by atoms with Crippen LogP contribution in [-0.4, -0.2) is 4.92 Å². The lowest BCUT2D eigenvalue weighted by Crippen LogP contribution is -2.10. The molecule has 0 heterocycles. The number of hydrogen-bond donors (Lipinski definition) is 1. The molecule has 0 saturated heterocycles. The van der Waals surface area contributed by atoms with Crippen LogP contribution in [0.2, 0.25) is 5.02 Å². The maximum absolute atomic E-state index is 10.7. The number of unbranched alkanes of at least 4 members (excludes halogenated alkanes) is 1. The molecular weight excluding hydrogens is 263 g/mol. The van der Waals surface area contributed by atoms with Crippen molar-refractivity contribution in [2.75, 3.05) is 0 Å². The van der Waals surface area contributed by atoms with Crippen molar-refractivity contribution in [3.63, 3.8) is 0 Å². The van der Waals surface area contributed by atoms with Gasteiger partial charge in [0.2, 0.25) is 0 Å². The van der Waals surface area contributed by atoms with Gasteiger partial charge in [-0.2, -0.15) is 0 Å². The zero-order valence-corrected chi connectivity index (χ0v) is 11.1. The first-order valence-electron chi connectivity index (χ1n) is 5.25. The van der Waals surface area contributed by atoms with E-state index in [2.05, 4.69) is 6.92 Å². The van der Waals surface area contributed by atoms with Crippen molar-refractivity contribution < 1.29 is 4.92 Å². The molecule has 1 atom stereocenters. The average Bonchev–Trinajstić information content (AvgIpc) is 2.26. The molecule has 0 saturated carbocycles. The van der Waals surface area contributed by atoms with Gasteiger partial charge in [0.25, 0.3) is 5.69 Å². The molecule has 17 heavy (non-hydrogen) atoms. The van der Waals surface area contributed by atoms with Crippen LogP contribution < -0.4 is 5.73 Å². The van der Waals surface area contributed by atoms with Gasteiger partial charge in [0.1, 0.15) is 5.02 Å². The van der Waals surface area contributed by atoms with E-state index in [1.165, 1.54) is 12.1 Å². The second-order valence-corrected chi connectivity index (χ2v) is 4.12. The van der Waals surface area contributed by atoms with Crippen molar-refractivity contribution in [3.8, 4) is 0 Å². The van der Waals surface area contributed by atoms with Crippen molar-refractivity contribution in [1.82, 2.24) is 0 Å². The molecule has 2 N–H and O–H groups in total. The minimum atomic E-state index is -0.488. The van der Waals surface area contributed by atoms with Crippen molar-refractivity contribution in [1.29, 1.82) is 0 Å². The molecule has 96 valence electrons. The van der Waals surface area contributed by atoms with Crippen molar-refractivity contribution in [2.24, 2.45) is 5.73 Å². The lowest BCUT2D eigenvalue weighted by atomic mass is 10.0. The van der Waals surface area contributed by atoms with Crippen LogP contribution in [0.4, 0.5) is 5.69 Å². The highest BCUT2D eigenvalue weighted by molar-refractivity contribution is 6.32. The van der Waals surface area contributed by atoms with Gasteiger partial charge in [0.05, 0.1) is 4.92 Å². The predicted octanol–water partition coefficient (Wildman–Crippen LogP) is 3.86. The lowest BCUT2D eigenvalue weighted by molar-refractivity contribution is -0.384. The Kier molecular flexibility index (Phi) is 7.11. The molecule has 0 aromatic heterocycles. The second-order valence-electron chi connectivity index (χ2n) is 3.72. The number of nitro benzene ring substituents is 1. The average molecular weight is 279 g/mol. The Morgan fingerprint density at radius 2 is 2.18 bits per heavy atom. The minimum Gasteiger partial charge on any atom is -0.324 e. The van der Waals surface area contributed by atoms with Crippen LogP contribution in [0.15, 0.2) is 18.2 Å². The van der Waals surface area contributed by atoms with E-state index in [4.69, 9.17) is 17.3 Å². The maximum atomic E-state index is 10.7. The highest BCUT2D eigenvalue weighted by atomic mass is 35.5. The van der Waals surface area contributed by atoms with E-state index in [1.807, 2.05) is 0 Å². The van der Waals surface area contributed by atoms with Gasteiger partial charge in [-0.3, -0.25) is 10.1 Å². The van der Waals surface area contributed by atoms with E-state index < -0.39 is 4.92 Å². The molecular formula is C11H16Cl2N2O2. The molecule has 0 spiro atoms. The van der Waals surface area contributed by atoms with E-state index in [-0.39, 0.29) is 29.2 Å².